The van der Waals surface area contributed by atoms with E-state index in [9.17, 15) is 0 Å². The van der Waals surface area contributed by atoms with Gasteiger partial charge in [0.2, 0.25) is 0 Å². The lowest BCUT2D eigenvalue weighted by atomic mass is 9.65. The number of aromatic nitrogens is 1. The van der Waals surface area contributed by atoms with Crippen LogP contribution in [0.25, 0.3) is 64.1 Å². The Hall–Kier alpha value is -6.55. The molecule has 2 nitrogen and oxygen atoms in total. The van der Waals surface area contributed by atoms with Crippen LogP contribution in [-0.2, 0) is 5.41 Å². The molecule has 0 amide bonds. The van der Waals surface area contributed by atoms with Gasteiger partial charge in [0, 0.05) is 31.1 Å². The number of rotatable bonds is 2. The molecule has 0 bridgehead atoms. The minimum atomic E-state index is -0.464. The van der Waals surface area contributed by atoms with Crippen LogP contribution in [0.4, 0.5) is 17.2 Å². The van der Waals surface area contributed by atoms with Gasteiger partial charge in [0.25, 0.3) is 0 Å². The summed E-state index contributed by atoms with van der Waals surface area (Å²) >= 11 is 1.89. The highest BCUT2D eigenvalue weighted by Gasteiger charge is 2.51. The van der Waals surface area contributed by atoms with Crippen molar-refractivity contribution in [3.05, 3.63) is 204 Å². The van der Waals surface area contributed by atoms with Crippen LogP contribution < -0.4 is 4.90 Å². The molecule has 246 valence electrons. The van der Waals surface area contributed by atoms with E-state index < -0.39 is 5.41 Å². The first kappa shape index (κ1) is 29.1. The van der Waals surface area contributed by atoms with E-state index in [-0.39, 0.29) is 0 Å². The maximum atomic E-state index is 5.65. The van der Waals surface area contributed by atoms with Gasteiger partial charge in [-0.25, -0.2) is 4.98 Å². The Morgan fingerprint density at radius 2 is 1.04 bits per heavy atom. The first-order valence-corrected chi connectivity index (χ1v) is 19.0. The van der Waals surface area contributed by atoms with E-state index in [2.05, 4.69) is 187 Å². The number of para-hydroxylation sites is 2. The molecule has 0 N–H and O–H groups in total. The second-order valence-corrected chi connectivity index (χ2v) is 15.3. The smallest absolute Gasteiger partial charge is 0.138 e. The second-order valence-electron chi connectivity index (χ2n) is 14.2. The second kappa shape index (κ2) is 10.7. The fraction of sp³-hybridized carbons (Fsp3) is 0.0200. The zero-order valence-electron chi connectivity index (χ0n) is 28.6. The van der Waals surface area contributed by atoms with Gasteiger partial charge < -0.3 is 0 Å². The van der Waals surface area contributed by atoms with Gasteiger partial charge in [-0.2, -0.15) is 0 Å². The minimum Gasteiger partial charge on any atom is -0.294 e. The Morgan fingerprint density at radius 1 is 0.453 bits per heavy atom. The van der Waals surface area contributed by atoms with Crippen molar-refractivity contribution in [3.63, 3.8) is 0 Å². The fourth-order valence-electron chi connectivity index (χ4n) is 9.55. The SMILES string of the molecule is c1ccc(-c2nc(N3c4ccccc4C4(c5ccccc5-c5ccccc54)c4ccccc43)cc3c2ccc2sc4c5ccccc5ccc4c23)cc1. The summed E-state index contributed by atoms with van der Waals surface area (Å²) in [7, 11) is 0. The quantitative estimate of drug-likeness (QED) is 0.179. The highest BCUT2D eigenvalue weighted by atomic mass is 32.1. The standard InChI is InChI=1S/C50H30N2S/c1-2-15-32(16-3-1)48-36-28-29-45-47(37-27-26-31-14-4-5-17-33(31)49(37)53-45)38(36)30-46(51-48)52-43-24-12-10-22-41(43)50(42-23-11-13-25-44(42)52)39-20-8-6-18-34(39)35-19-7-9-21-40(35)50/h1-30H. The molecule has 2 aliphatic rings. The highest BCUT2D eigenvalue weighted by molar-refractivity contribution is 7.26. The van der Waals surface area contributed by atoms with Crippen LogP contribution in [0.2, 0.25) is 0 Å². The highest BCUT2D eigenvalue weighted by Crippen LogP contribution is 2.63. The van der Waals surface area contributed by atoms with Gasteiger partial charge in [-0.3, -0.25) is 4.90 Å². The third-order valence-electron chi connectivity index (χ3n) is 11.6. The number of anilines is 3. The molecular formula is C50H30N2S. The van der Waals surface area contributed by atoms with E-state index in [4.69, 9.17) is 4.98 Å². The van der Waals surface area contributed by atoms with Gasteiger partial charge >= 0.3 is 0 Å². The maximum Gasteiger partial charge on any atom is 0.138 e. The molecular weight excluding hydrogens is 661 g/mol. The Balaban J connectivity index is 1.20. The minimum absolute atomic E-state index is 0.464. The van der Waals surface area contributed by atoms with E-state index in [1.165, 1.54) is 69.7 Å². The Kier molecular flexibility index (Phi) is 5.89. The monoisotopic (exact) mass is 690 g/mol. The lowest BCUT2D eigenvalue weighted by Gasteiger charge is -2.44. The number of thiophene rings is 1. The summed E-state index contributed by atoms with van der Waals surface area (Å²) in [5, 5.41) is 7.55. The molecule has 0 radical (unpaired) electrons. The summed E-state index contributed by atoms with van der Waals surface area (Å²) in [5.74, 6) is 0.915. The first-order valence-electron chi connectivity index (χ1n) is 18.2. The zero-order chi connectivity index (χ0) is 34.7. The molecule has 0 unspecified atom stereocenters. The molecule has 53 heavy (non-hydrogen) atoms. The number of benzene rings is 8. The van der Waals surface area contributed by atoms with Crippen molar-refractivity contribution in [1.29, 1.82) is 0 Å². The summed E-state index contributed by atoms with van der Waals surface area (Å²) in [6.07, 6.45) is 0. The third kappa shape index (κ3) is 3.79. The summed E-state index contributed by atoms with van der Waals surface area (Å²) < 4.78 is 2.62. The average Bonchev–Trinajstić information content (AvgIpc) is 3.76. The number of hydrogen-bond acceptors (Lipinski definition) is 3. The van der Waals surface area contributed by atoms with Crippen LogP contribution in [0.15, 0.2) is 182 Å². The van der Waals surface area contributed by atoms with Crippen molar-refractivity contribution < 1.29 is 0 Å². The Bertz CT molecular complexity index is 3040. The van der Waals surface area contributed by atoms with Crippen molar-refractivity contribution in [2.45, 2.75) is 5.41 Å². The van der Waals surface area contributed by atoms with Crippen molar-refractivity contribution in [2.75, 3.05) is 4.90 Å². The van der Waals surface area contributed by atoms with Gasteiger partial charge in [-0.05, 0) is 73.8 Å². The van der Waals surface area contributed by atoms with E-state index in [0.29, 0.717) is 0 Å². The molecule has 8 aromatic carbocycles. The van der Waals surface area contributed by atoms with Crippen molar-refractivity contribution in [2.24, 2.45) is 0 Å². The van der Waals surface area contributed by atoms with Crippen molar-refractivity contribution in [1.82, 2.24) is 4.98 Å². The van der Waals surface area contributed by atoms with Gasteiger partial charge in [-0.1, -0.05) is 158 Å². The summed E-state index contributed by atoms with van der Waals surface area (Å²) in [6.45, 7) is 0. The fourth-order valence-corrected chi connectivity index (χ4v) is 10.8. The molecule has 0 atom stereocenters. The number of pyridine rings is 1. The molecule has 1 aliphatic carbocycles. The topological polar surface area (TPSA) is 16.1 Å². The molecule has 0 saturated carbocycles. The molecule has 3 heteroatoms. The van der Waals surface area contributed by atoms with E-state index in [1.54, 1.807) is 0 Å². The number of hydrogen-bond donors (Lipinski definition) is 0. The summed E-state index contributed by atoms with van der Waals surface area (Å²) in [4.78, 5) is 8.07. The van der Waals surface area contributed by atoms with Gasteiger partial charge in [0.1, 0.15) is 5.82 Å². The molecule has 1 aliphatic heterocycles. The van der Waals surface area contributed by atoms with Crippen LogP contribution in [0, 0.1) is 0 Å². The maximum absolute atomic E-state index is 5.65. The normalized spacial score (nSPS) is 13.8. The lowest BCUT2D eigenvalue weighted by molar-refractivity contribution is 0.751. The lowest BCUT2D eigenvalue weighted by Crippen LogP contribution is -2.36. The van der Waals surface area contributed by atoms with E-state index in [1.807, 2.05) is 11.3 Å². The van der Waals surface area contributed by atoms with Crippen LogP contribution in [0.1, 0.15) is 22.3 Å². The van der Waals surface area contributed by atoms with Gasteiger partial charge in [-0.15, -0.1) is 11.3 Å². The molecule has 10 aromatic rings. The van der Waals surface area contributed by atoms with Gasteiger partial charge in [0.05, 0.1) is 22.5 Å². The molecule has 0 saturated heterocycles. The molecule has 3 heterocycles. The first-order chi connectivity index (χ1) is 26.3. The van der Waals surface area contributed by atoms with Crippen LogP contribution >= 0.6 is 11.3 Å². The molecule has 0 fully saturated rings. The van der Waals surface area contributed by atoms with Crippen LogP contribution in [-0.4, -0.2) is 4.98 Å². The van der Waals surface area contributed by atoms with Crippen LogP contribution in [0.3, 0.4) is 0 Å². The predicted octanol–water partition coefficient (Wildman–Crippen LogP) is 13.6. The summed E-state index contributed by atoms with van der Waals surface area (Å²) in [6, 6.07) is 67.0. The summed E-state index contributed by atoms with van der Waals surface area (Å²) in [5.41, 5.74) is 11.7. The number of fused-ring (bicyclic) bond motifs is 16. The Morgan fingerprint density at radius 3 is 1.75 bits per heavy atom. The van der Waals surface area contributed by atoms with E-state index >= 15 is 0 Å². The predicted molar refractivity (Wildman–Crippen MR) is 223 cm³/mol. The largest absolute Gasteiger partial charge is 0.294 e. The zero-order valence-corrected chi connectivity index (χ0v) is 29.4. The van der Waals surface area contributed by atoms with Gasteiger partial charge in [0.15, 0.2) is 0 Å². The molecule has 2 aromatic heterocycles. The molecule has 12 rings (SSSR count). The Labute approximate surface area is 310 Å². The van der Waals surface area contributed by atoms with Crippen molar-refractivity contribution >= 4 is 70.2 Å². The van der Waals surface area contributed by atoms with E-state index in [0.717, 1.165) is 33.8 Å². The van der Waals surface area contributed by atoms with Crippen LogP contribution in [0.5, 0.6) is 0 Å². The third-order valence-corrected chi connectivity index (χ3v) is 12.9. The van der Waals surface area contributed by atoms with Crippen molar-refractivity contribution in [3.8, 4) is 22.4 Å². The molecule has 1 spiro atoms. The number of nitrogens with zero attached hydrogens (tertiary/aromatic N) is 2. The average molecular weight is 691 g/mol.